The van der Waals surface area contributed by atoms with Crippen LogP contribution in [0.5, 0.6) is 0 Å². The van der Waals surface area contributed by atoms with E-state index in [1.165, 1.54) is 12.8 Å². The molecule has 5 heteroatoms. The molecule has 0 aliphatic heterocycles. The molecule has 1 aliphatic rings. The fraction of sp³-hybridized carbons (Fsp3) is 0.500. The third kappa shape index (κ3) is 4.41. The molecule has 25 heavy (non-hydrogen) atoms. The first kappa shape index (κ1) is 17.5. The average molecular weight is 339 g/mol. The molecule has 0 aromatic carbocycles. The zero-order valence-electron chi connectivity index (χ0n) is 14.9. The van der Waals surface area contributed by atoms with Gasteiger partial charge in [0.2, 0.25) is 0 Å². The van der Waals surface area contributed by atoms with Crippen molar-refractivity contribution in [2.24, 2.45) is 5.92 Å². The van der Waals surface area contributed by atoms with Crippen LogP contribution in [0, 0.1) is 19.8 Å². The molecule has 2 aromatic rings. The van der Waals surface area contributed by atoms with E-state index >= 15 is 0 Å². The molecule has 0 bridgehead atoms. The molecule has 0 spiro atoms. The Bertz CT molecular complexity index is 789. The SMILES string of the molecule is Cc1ccn([C@@H](CC2CCCC2)C(=O)Cc2cnc(C)cn2)c(=O)c1. The minimum Gasteiger partial charge on any atom is -0.305 e. The Morgan fingerprint density at radius 1 is 1.24 bits per heavy atom. The molecule has 132 valence electrons. The molecule has 1 aliphatic carbocycles. The highest BCUT2D eigenvalue weighted by molar-refractivity contribution is 5.84. The van der Waals surface area contributed by atoms with Crippen LogP contribution >= 0.6 is 0 Å². The Balaban J connectivity index is 1.85. The van der Waals surface area contributed by atoms with Gasteiger partial charge in [-0.1, -0.05) is 25.7 Å². The lowest BCUT2D eigenvalue weighted by molar-refractivity contribution is -0.122. The quantitative estimate of drug-likeness (QED) is 0.811. The Morgan fingerprint density at radius 3 is 2.64 bits per heavy atom. The Morgan fingerprint density at radius 2 is 2.00 bits per heavy atom. The Labute approximate surface area is 148 Å². The number of ketones is 1. The van der Waals surface area contributed by atoms with Gasteiger partial charge in [0.05, 0.1) is 23.9 Å². The zero-order valence-corrected chi connectivity index (χ0v) is 14.9. The zero-order chi connectivity index (χ0) is 17.8. The van der Waals surface area contributed by atoms with Crippen molar-refractivity contribution in [2.75, 3.05) is 0 Å². The van der Waals surface area contributed by atoms with Gasteiger partial charge in [0.1, 0.15) is 0 Å². The van der Waals surface area contributed by atoms with E-state index in [1.54, 1.807) is 29.2 Å². The molecule has 2 aromatic heterocycles. The van der Waals surface area contributed by atoms with Crippen molar-refractivity contribution in [3.8, 4) is 0 Å². The van der Waals surface area contributed by atoms with Crippen LogP contribution in [-0.4, -0.2) is 20.3 Å². The first-order chi connectivity index (χ1) is 12.0. The number of rotatable bonds is 6. The summed E-state index contributed by atoms with van der Waals surface area (Å²) in [5.74, 6) is 0.558. The normalized spacial score (nSPS) is 16.1. The van der Waals surface area contributed by atoms with Gasteiger partial charge in [0.25, 0.3) is 5.56 Å². The fourth-order valence-electron chi connectivity index (χ4n) is 3.62. The number of Topliss-reactive ketones (excluding diaryl/α,β-unsaturated/α-hetero) is 1. The molecule has 3 rings (SSSR count). The maximum absolute atomic E-state index is 13.0. The number of pyridine rings is 1. The second-order valence-electron chi connectivity index (χ2n) is 7.14. The summed E-state index contributed by atoms with van der Waals surface area (Å²) in [5, 5.41) is 0. The third-order valence-corrected chi connectivity index (χ3v) is 5.03. The highest BCUT2D eigenvalue weighted by atomic mass is 16.1. The van der Waals surface area contributed by atoms with Crippen LogP contribution in [-0.2, 0) is 11.2 Å². The summed E-state index contributed by atoms with van der Waals surface area (Å²) in [5.41, 5.74) is 2.30. The van der Waals surface area contributed by atoms with E-state index in [-0.39, 0.29) is 17.8 Å². The van der Waals surface area contributed by atoms with Crippen LogP contribution < -0.4 is 5.56 Å². The number of hydrogen-bond acceptors (Lipinski definition) is 4. The predicted molar refractivity (Wildman–Crippen MR) is 96.5 cm³/mol. The molecule has 1 atom stereocenters. The standard InChI is InChI=1S/C20H25N3O2/c1-14-7-8-23(20(25)9-14)18(10-16-5-3-4-6-16)19(24)11-17-13-21-15(2)12-22-17/h7-9,12-13,16,18H,3-6,10-11H2,1-2H3/t18-/m0/s1. The van der Waals surface area contributed by atoms with Gasteiger partial charge in [-0.3, -0.25) is 19.6 Å². The maximum Gasteiger partial charge on any atom is 0.251 e. The van der Waals surface area contributed by atoms with Gasteiger partial charge in [-0.15, -0.1) is 0 Å². The van der Waals surface area contributed by atoms with Gasteiger partial charge in [0.15, 0.2) is 5.78 Å². The number of nitrogens with zero attached hydrogens (tertiary/aromatic N) is 3. The van der Waals surface area contributed by atoms with Gasteiger partial charge in [-0.25, -0.2) is 0 Å². The van der Waals surface area contributed by atoms with Crippen LogP contribution in [0.4, 0.5) is 0 Å². The molecule has 0 unspecified atom stereocenters. The molecular weight excluding hydrogens is 314 g/mol. The minimum atomic E-state index is -0.417. The van der Waals surface area contributed by atoms with Gasteiger partial charge in [-0.2, -0.15) is 0 Å². The lowest BCUT2D eigenvalue weighted by Crippen LogP contribution is -2.31. The summed E-state index contributed by atoms with van der Waals surface area (Å²) < 4.78 is 1.61. The first-order valence-electron chi connectivity index (χ1n) is 9.02. The summed E-state index contributed by atoms with van der Waals surface area (Å²) in [6, 6.07) is 3.07. The van der Waals surface area contributed by atoms with E-state index in [9.17, 15) is 9.59 Å². The van der Waals surface area contributed by atoms with Crippen molar-refractivity contribution in [3.05, 3.63) is 58.0 Å². The van der Waals surface area contributed by atoms with E-state index in [0.717, 1.165) is 30.5 Å². The van der Waals surface area contributed by atoms with Gasteiger partial charge in [-0.05, 0) is 37.8 Å². The maximum atomic E-state index is 13.0. The van der Waals surface area contributed by atoms with Crippen LogP contribution in [0.3, 0.4) is 0 Å². The fourth-order valence-corrected chi connectivity index (χ4v) is 3.62. The van der Waals surface area contributed by atoms with E-state index in [2.05, 4.69) is 9.97 Å². The highest BCUT2D eigenvalue weighted by Gasteiger charge is 2.27. The van der Waals surface area contributed by atoms with Crippen molar-refractivity contribution in [2.45, 2.75) is 58.4 Å². The monoisotopic (exact) mass is 339 g/mol. The lowest BCUT2D eigenvalue weighted by atomic mass is 9.93. The van der Waals surface area contributed by atoms with Gasteiger partial charge >= 0.3 is 0 Å². The number of carbonyl (C=O) groups is 1. The molecule has 5 nitrogen and oxygen atoms in total. The molecule has 0 N–H and O–H groups in total. The number of hydrogen-bond donors (Lipinski definition) is 0. The van der Waals surface area contributed by atoms with Crippen molar-refractivity contribution in [3.63, 3.8) is 0 Å². The largest absolute Gasteiger partial charge is 0.305 e. The smallest absolute Gasteiger partial charge is 0.251 e. The van der Waals surface area contributed by atoms with Crippen LogP contribution in [0.15, 0.2) is 35.5 Å². The van der Waals surface area contributed by atoms with E-state index in [4.69, 9.17) is 0 Å². The van der Waals surface area contributed by atoms with Crippen LogP contribution in [0.25, 0.3) is 0 Å². The molecule has 2 heterocycles. The van der Waals surface area contributed by atoms with E-state index < -0.39 is 6.04 Å². The average Bonchev–Trinajstić information content (AvgIpc) is 3.08. The second-order valence-corrected chi connectivity index (χ2v) is 7.14. The number of carbonyl (C=O) groups excluding carboxylic acids is 1. The van der Waals surface area contributed by atoms with Crippen molar-refractivity contribution in [1.82, 2.24) is 14.5 Å². The molecule has 1 saturated carbocycles. The van der Waals surface area contributed by atoms with Crippen molar-refractivity contribution < 1.29 is 4.79 Å². The topological polar surface area (TPSA) is 64.8 Å². The second kappa shape index (κ2) is 7.72. The van der Waals surface area contributed by atoms with E-state index in [0.29, 0.717) is 11.6 Å². The van der Waals surface area contributed by atoms with Gasteiger partial charge in [0, 0.05) is 24.7 Å². The lowest BCUT2D eigenvalue weighted by Gasteiger charge is -2.22. The van der Waals surface area contributed by atoms with Crippen molar-refractivity contribution >= 4 is 5.78 Å². The summed E-state index contributed by atoms with van der Waals surface area (Å²) in [7, 11) is 0. The van der Waals surface area contributed by atoms with Gasteiger partial charge < -0.3 is 4.57 Å². The highest BCUT2D eigenvalue weighted by Crippen LogP contribution is 2.32. The molecule has 1 fully saturated rings. The van der Waals surface area contributed by atoms with Crippen molar-refractivity contribution in [1.29, 1.82) is 0 Å². The molecule has 0 amide bonds. The summed E-state index contributed by atoms with van der Waals surface area (Å²) in [6.45, 7) is 3.76. The third-order valence-electron chi connectivity index (χ3n) is 5.03. The number of aryl methyl sites for hydroxylation is 2. The molecule has 0 saturated heterocycles. The Hall–Kier alpha value is -2.30. The summed E-state index contributed by atoms with van der Waals surface area (Å²) >= 11 is 0. The Kier molecular flexibility index (Phi) is 5.41. The molecular formula is C20H25N3O2. The first-order valence-corrected chi connectivity index (χ1v) is 9.02. The van der Waals surface area contributed by atoms with Crippen LogP contribution in [0.2, 0.25) is 0 Å². The summed E-state index contributed by atoms with van der Waals surface area (Å²) in [4.78, 5) is 33.9. The summed E-state index contributed by atoms with van der Waals surface area (Å²) in [6.07, 6.45) is 10.8. The van der Waals surface area contributed by atoms with E-state index in [1.807, 2.05) is 19.9 Å². The van der Waals surface area contributed by atoms with Crippen LogP contribution in [0.1, 0.15) is 55.1 Å². The number of aromatic nitrogens is 3. The molecule has 0 radical (unpaired) electrons. The minimum absolute atomic E-state index is 0.0380. The predicted octanol–water partition coefficient (Wildman–Crippen LogP) is 3.19.